The van der Waals surface area contributed by atoms with Crippen LogP contribution in [0.15, 0.2) is 24.3 Å². The number of carbonyl (C=O) groups is 1. The van der Waals surface area contributed by atoms with E-state index in [2.05, 4.69) is 10.2 Å². The highest BCUT2D eigenvalue weighted by Crippen LogP contribution is 2.42. The number of hydrogen-bond acceptors (Lipinski definition) is 4. The van der Waals surface area contributed by atoms with E-state index in [4.69, 9.17) is 9.84 Å². The first-order valence-corrected chi connectivity index (χ1v) is 9.47. The van der Waals surface area contributed by atoms with Crippen molar-refractivity contribution in [2.24, 2.45) is 11.8 Å². The predicted molar refractivity (Wildman–Crippen MR) is 97.4 cm³/mol. The van der Waals surface area contributed by atoms with Gasteiger partial charge >= 0.3 is 12.3 Å². The van der Waals surface area contributed by atoms with Gasteiger partial charge in [0, 0.05) is 18.7 Å². The normalized spacial score (nSPS) is 23.5. The number of alkyl halides is 3. The highest BCUT2D eigenvalue weighted by atomic mass is 19.4. The number of hydrogen-bond donors (Lipinski definition) is 1. The Morgan fingerprint density at radius 3 is 2.43 bits per heavy atom. The molecule has 1 aromatic carbocycles. The minimum atomic E-state index is -4.73. The van der Waals surface area contributed by atoms with E-state index >= 15 is 0 Å². The zero-order valence-electron chi connectivity index (χ0n) is 16.0. The molecule has 2 aromatic rings. The second kappa shape index (κ2) is 7.41. The fourth-order valence-electron chi connectivity index (χ4n) is 4.33. The maximum atomic E-state index is 13.7. The highest BCUT2D eigenvalue weighted by molar-refractivity contribution is 5.65. The van der Waals surface area contributed by atoms with Gasteiger partial charge < -0.3 is 14.7 Å². The van der Waals surface area contributed by atoms with Crippen molar-refractivity contribution in [3.05, 3.63) is 41.2 Å². The van der Waals surface area contributed by atoms with E-state index in [9.17, 15) is 22.4 Å². The van der Waals surface area contributed by atoms with Crippen LogP contribution < -0.4 is 4.74 Å². The van der Waals surface area contributed by atoms with Crippen LogP contribution in [0.25, 0.3) is 11.3 Å². The summed E-state index contributed by atoms with van der Waals surface area (Å²) in [6.45, 7) is 2.36. The smallest absolute Gasteiger partial charge is 0.421 e. The maximum absolute atomic E-state index is 13.7. The van der Waals surface area contributed by atoms with Crippen LogP contribution in [0.2, 0.25) is 0 Å². The molecule has 1 amide bonds. The van der Waals surface area contributed by atoms with Gasteiger partial charge in [-0.1, -0.05) is 6.07 Å². The molecule has 6 nitrogen and oxygen atoms in total. The molecule has 1 aliphatic heterocycles. The summed E-state index contributed by atoms with van der Waals surface area (Å²) in [5, 5.41) is 16.6. The summed E-state index contributed by atoms with van der Waals surface area (Å²) < 4.78 is 60.2. The van der Waals surface area contributed by atoms with E-state index in [-0.39, 0.29) is 23.1 Å². The molecule has 10 heteroatoms. The molecule has 1 saturated heterocycles. The van der Waals surface area contributed by atoms with Crippen molar-refractivity contribution in [3.8, 4) is 17.1 Å². The van der Waals surface area contributed by atoms with E-state index in [0.717, 1.165) is 12.1 Å². The van der Waals surface area contributed by atoms with Crippen molar-refractivity contribution in [2.75, 3.05) is 13.1 Å². The Morgan fingerprint density at radius 1 is 1.17 bits per heavy atom. The molecule has 2 heterocycles. The van der Waals surface area contributed by atoms with Gasteiger partial charge in [-0.25, -0.2) is 9.18 Å². The molecule has 0 spiro atoms. The number of aromatic nitrogens is 2. The lowest BCUT2D eigenvalue weighted by molar-refractivity contribution is -0.139. The molecule has 30 heavy (non-hydrogen) atoms. The largest absolute Gasteiger partial charge is 0.473 e. The van der Waals surface area contributed by atoms with E-state index < -0.39 is 35.6 Å². The lowest BCUT2D eigenvalue weighted by Gasteiger charge is -2.19. The molecule has 1 N–H and O–H groups in total. The van der Waals surface area contributed by atoms with Gasteiger partial charge in [0.05, 0.1) is 5.69 Å². The number of rotatable bonds is 3. The predicted octanol–water partition coefficient (Wildman–Crippen LogP) is 4.38. The molecule has 0 unspecified atom stereocenters. The average molecular weight is 425 g/mol. The van der Waals surface area contributed by atoms with Crippen LogP contribution in [-0.4, -0.2) is 45.5 Å². The van der Waals surface area contributed by atoms with Gasteiger partial charge in [-0.15, -0.1) is 10.2 Å². The van der Waals surface area contributed by atoms with Crippen molar-refractivity contribution in [1.82, 2.24) is 15.1 Å². The van der Waals surface area contributed by atoms with Crippen LogP contribution in [0.5, 0.6) is 5.88 Å². The molecular weight excluding hydrogens is 406 g/mol. The third-order valence-corrected chi connectivity index (χ3v) is 5.80. The van der Waals surface area contributed by atoms with Crippen LogP contribution in [0.4, 0.5) is 22.4 Å². The van der Waals surface area contributed by atoms with E-state index in [1.54, 1.807) is 6.92 Å². The molecule has 1 aromatic heterocycles. The molecule has 0 radical (unpaired) electrons. The number of amides is 1. The monoisotopic (exact) mass is 425 g/mol. The number of fused-ring (bicyclic) bond motifs is 1. The number of nitrogens with zero attached hydrogens (tertiary/aromatic N) is 3. The number of likely N-dealkylation sites (tertiary alicyclic amines) is 1. The standard InChI is InChI=1S/C20H19F4N3O3/c1-10-2-3-13(21)6-15(10)17-7-16(20(22,23)24)18(26-25-17)30-14-4-11-8-27(19(28)29)9-12(11)5-14/h2-3,6-7,11-12,14H,4-5,8-9H2,1H3,(H,28,29)/t11-,12+,14+. The Hall–Kier alpha value is -2.91. The molecule has 2 aliphatic rings. The average Bonchev–Trinajstić information content (AvgIpc) is 3.22. The minimum absolute atomic E-state index is 0.0580. The van der Waals surface area contributed by atoms with Crippen LogP contribution >= 0.6 is 0 Å². The van der Waals surface area contributed by atoms with Gasteiger partial charge in [-0.3, -0.25) is 0 Å². The Balaban J connectivity index is 1.57. The first-order chi connectivity index (χ1) is 14.1. The van der Waals surface area contributed by atoms with Crippen molar-refractivity contribution < 1.29 is 32.2 Å². The summed E-state index contributed by atoms with van der Waals surface area (Å²) in [5.41, 5.74) is -0.366. The lowest BCUT2D eigenvalue weighted by atomic mass is 10.0. The van der Waals surface area contributed by atoms with Gasteiger partial charge in [-0.2, -0.15) is 13.2 Å². The zero-order valence-corrected chi connectivity index (χ0v) is 16.0. The lowest BCUT2D eigenvalue weighted by Crippen LogP contribution is -2.29. The van der Waals surface area contributed by atoms with Gasteiger partial charge in [-0.05, 0) is 55.4 Å². The van der Waals surface area contributed by atoms with Crippen LogP contribution in [-0.2, 0) is 6.18 Å². The molecule has 1 aliphatic carbocycles. The maximum Gasteiger partial charge on any atom is 0.421 e. The Labute approximate surface area is 169 Å². The summed E-state index contributed by atoms with van der Waals surface area (Å²) in [6, 6.07) is 4.62. The molecule has 2 fully saturated rings. The van der Waals surface area contributed by atoms with Crippen LogP contribution in [0, 0.1) is 24.6 Å². The topological polar surface area (TPSA) is 75.5 Å². The minimum Gasteiger partial charge on any atom is -0.473 e. The van der Waals surface area contributed by atoms with Crippen LogP contribution in [0.3, 0.4) is 0 Å². The molecular formula is C20H19F4N3O3. The quantitative estimate of drug-likeness (QED) is 0.739. The van der Waals surface area contributed by atoms with Crippen molar-refractivity contribution in [1.29, 1.82) is 0 Å². The highest BCUT2D eigenvalue weighted by Gasteiger charge is 2.44. The van der Waals surface area contributed by atoms with Gasteiger partial charge in [0.25, 0.3) is 0 Å². The van der Waals surface area contributed by atoms with Crippen LogP contribution in [0.1, 0.15) is 24.0 Å². The third-order valence-electron chi connectivity index (χ3n) is 5.80. The number of ether oxygens (including phenoxy) is 1. The van der Waals surface area contributed by atoms with Gasteiger partial charge in [0.15, 0.2) is 0 Å². The summed E-state index contributed by atoms with van der Waals surface area (Å²) >= 11 is 0. The number of carboxylic acid groups (broad SMARTS) is 1. The summed E-state index contributed by atoms with van der Waals surface area (Å²) in [7, 11) is 0. The van der Waals surface area contributed by atoms with Gasteiger partial charge in [0.2, 0.25) is 5.88 Å². The fraction of sp³-hybridized carbons (Fsp3) is 0.450. The fourth-order valence-corrected chi connectivity index (χ4v) is 4.33. The molecule has 1 saturated carbocycles. The molecule has 0 bridgehead atoms. The van der Waals surface area contributed by atoms with Crippen molar-refractivity contribution in [2.45, 2.75) is 32.0 Å². The second-order valence-electron chi connectivity index (χ2n) is 7.82. The van der Waals surface area contributed by atoms with Crippen molar-refractivity contribution >= 4 is 6.09 Å². The molecule has 160 valence electrons. The number of benzene rings is 1. The zero-order chi connectivity index (χ0) is 21.6. The molecule has 4 rings (SSSR count). The summed E-state index contributed by atoms with van der Waals surface area (Å²) in [6.07, 6.45) is -5.30. The SMILES string of the molecule is Cc1ccc(F)cc1-c1cc(C(F)(F)F)c(O[C@H]2C[C@@H]3CN(C(=O)O)C[C@@H]3C2)nn1. The summed E-state index contributed by atoms with van der Waals surface area (Å²) in [5.74, 6) is -1.08. The Bertz CT molecular complexity index is 968. The van der Waals surface area contributed by atoms with E-state index in [1.807, 2.05) is 0 Å². The van der Waals surface area contributed by atoms with E-state index in [1.165, 1.54) is 17.0 Å². The van der Waals surface area contributed by atoms with E-state index in [0.29, 0.717) is 31.5 Å². The summed E-state index contributed by atoms with van der Waals surface area (Å²) in [4.78, 5) is 12.4. The van der Waals surface area contributed by atoms with Crippen molar-refractivity contribution in [3.63, 3.8) is 0 Å². The Kier molecular flexibility index (Phi) is 5.03. The number of halogens is 4. The first kappa shape index (κ1) is 20.4. The Morgan fingerprint density at radius 2 is 1.83 bits per heavy atom. The first-order valence-electron chi connectivity index (χ1n) is 9.47. The third kappa shape index (κ3) is 3.90. The second-order valence-corrected chi connectivity index (χ2v) is 7.82. The van der Waals surface area contributed by atoms with Gasteiger partial charge in [0.1, 0.15) is 17.5 Å². The number of aryl methyl sites for hydroxylation is 1. The molecule has 3 atom stereocenters.